The molecule has 0 atom stereocenters. The Bertz CT molecular complexity index is 2460. The Morgan fingerprint density at radius 3 is 1.43 bits per heavy atom. The molecule has 2 saturated heterocycles. The molecule has 0 saturated carbocycles. The number of hydrogen-bond acceptors (Lipinski definition) is 12. The minimum Gasteiger partial charge on any atom is -0.339 e. The lowest BCUT2D eigenvalue weighted by Crippen LogP contribution is -2.45. The second-order valence-electron chi connectivity index (χ2n) is 15.7. The SMILES string of the molecule is Cc1nc(N2CCCN(C)CC2)nc2ncc(NC(=O)CCc3ccc(Cl)cc3)cc12.Cc1nc(N2CCN(C)CC2)nc2ncc(NC(=O)CCc3ccc(Cl)cc3)cc12. The number of halogens is 2. The molecule has 2 amide bonds. The first kappa shape index (κ1) is 43.5. The maximum Gasteiger partial charge on any atom is 0.227 e. The zero-order valence-corrected chi connectivity index (χ0v) is 36.7. The number of nitrogens with one attached hydrogen (secondary N) is 2. The molecule has 2 aliphatic heterocycles. The highest BCUT2D eigenvalue weighted by Crippen LogP contribution is 2.24. The van der Waals surface area contributed by atoms with E-state index in [0.29, 0.717) is 58.4 Å². The van der Waals surface area contributed by atoms with Gasteiger partial charge in [0.05, 0.1) is 35.2 Å². The van der Waals surface area contributed by atoms with Crippen LogP contribution in [0.25, 0.3) is 22.1 Å². The first-order valence-electron chi connectivity index (χ1n) is 20.7. The predicted molar refractivity (Wildman–Crippen MR) is 245 cm³/mol. The highest BCUT2D eigenvalue weighted by atomic mass is 35.5. The van der Waals surface area contributed by atoms with E-state index in [1.54, 1.807) is 12.4 Å². The average Bonchev–Trinajstić information content (AvgIpc) is 3.48. The summed E-state index contributed by atoms with van der Waals surface area (Å²) < 4.78 is 0. The van der Waals surface area contributed by atoms with Crippen molar-refractivity contribution in [3.63, 3.8) is 0 Å². The van der Waals surface area contributed by atoms with Crippen molar-refractivity contribution in [3.05, 3.63) is 106 Å². The van der Waals surface area contributed by atoms with E-state index >= 15 is 0 Å². The number of likely N-dealkylation sites (N-methyl/N-ethyl adjacent to an activating group) is 2. The summed E-state index contributed by atoms with van der Waals surface area (Å²) in [5, 5.41) is 8.95. The van der Waals surface area contributed by atoms with Crippen molar-refractivity contribution in [2.45, 2.75) is 46.0 Å². The number of carbonyl (C=O) groups excluding carboxylic acids is 2. The number of rotatable bonds is 10. The average molecular weight is 864 g/mol. The topological polar surface area (TPSA) is 148 Å². The van der Waals surface area contributed by atoms with Crippen LogP contribution in [0.2, 0.25) is 10.0 Å². The van der Waals surface area contributed by atoms with Gasteiger partial charge in [0.1, 0.15) is 0 Å². The number of amides is 2. The summed E-state index contributed by atoms with van der Waals surface area (Å²) in [6.07, 6.45) is 6.49. The molecule has 0 unspecified atom stereocenters. The number of carbonyl (C=O) groups is 2. The van der Waals surface area contributed by atoms with E-state index in [4.69, 9.17) is 33.2 Å². The van der Waals surface area contributed by atoms with Gasteiger partial charge < -0.3 is 30.2 Å². The number of pyridine rings is 2. The zero-order valence-electron chi connectivity index (χ0n) is 35.2. The van der Waals surface area contributed by atoms with Gasteiger partial charge in [0, 0.05) is 79.5 Å². The fourth-order valence-electron chi connectivity index (χ4n) is 7.22. The third-order valence-electron chi connectivity index (χ3n) is 10.9. The van der Waals surface area contributed by atoms with Crippen molar-refractivity contribution >= 4 is 80.4 Å². The molecule has 0 aliphatic carbocycles. The number of hydrogen-bond donors (Lipinski definition) is 2. The van der Waals surface area contributed by atoms with Crippen molar-refractivity contribution in [1.29, 1.82) is 0 Å². The van der Waals surface area contributed by atoms with E-state index in [9.17, 15) is 9.59 Å². The first-order chi connectivity index (χ1) is 29.4. The predicted octanol–water partition coefficient (Wildman–Crippen LogP) is 7.01. The number of benzene rings is 2. The van der Waals surface area contributed by atoms with Crippen LogP contribution in [-0.2, 0) is 22.4 Å². The van der Waals surface area contributed by atoms with Gasteiger partial charge in [0.2, 0.25) is 23.7 Å². The summed E-state index contributed by atoms with van der Waals surface area (Å²) in [4.78, 5) is 61.5. The lowest BCUT2D eigenvalue weighted by molar-refractivity contribution is -0.117. The second-order valence-corrected chi connectivity index (χ2v) is 16.6. The molecule has 2 aromatic carbocycles. The lowest BCUT2D eigenvalue weighted by Gasteiger charge is -2.32. The maximum absolute atomic E-state index is 12.4. The van der Waals surface area contributed by atoms with Crippen LogP contribution in [0.3, 0.4) is 0 Å². The minimum atomic E-state index is -0.0567. The Morgan fingerprint density at radius 2 is 0.984 bits per heavy atom. The number of aromatic nitrogens is 6. The summed E-state index contributed by atoms with van der Waals surface area (Å²) in [5.41, 5.74) is 6.49. The van der Waals surface area contributed by atoms with Crippen LogP contribution in [0.15, 0.2) is 73.1 Å². The van der Waals surface area contributed by atoms with Crippen molar-refractivity contribution in [1.82, 2.24) is 39.7 Å². The third kappa shape index (κ3) is 12.1. The molecule has 2 aliphatic rings. The Balaban J connectivity index is 0.000000184. The molecule has 4 aromatic heterocycles. The number of fused-ring (bicyclic) bond motifs is 2. The second kappa shape index (κ2) is 20.3. The molecule has 16 heteroatoms. The summed E-state index contributed by atoms with van der Waals surface area (Å²) >= 11 is 11.8. The standard InChI is InChI=1S/C23H27ClN6O.C22H25ClN6O/c1-16-20-14-19(27-21(31)9-6-17-4-7-18(24)8-5-17)15-25-22(20)28-23(26-16)30-11-3-10-29(2)12-13-30;1-15-19-13-18(26-20(30)8-5-16-3-6-17(23)7-4-16)14-24-21(19)27-22(25-15)29-11-9-28(2)10-12-29/h4-5,7-8,14-15H,3,6,9-13H2,1-2H3,(H,27,31);3-4,6-7,13-14H,5,8-12H2,1-2H3,(H,26,30). The van der Waals surface area contributed by atoms with E-state index in [0.717, 1.165) is 104 Å². The molecule has 2 fully saturated rings. The molecule has 0 bridgehead atoms. The van der Waals surface area contributed by atoms with Crippen molar-refractivity contribution in [2.24, 2.45) is 0 Å². The van der Waals surface area contributed by atoms with Crippen LogP contribution in [0.5, 0.6) is 0 Å². The van der Waals surface area contributed by atoms with Crippen LogP contribution in [0.1, 0.15) is 41.8 Å². The Kier molecular flexibility index (Phi) is 14.5. The minimum absolute atomic E-state index is 0.0556. The fraction of sp³-hybridized carbons (Fsp3) is 0.378. The summed E-state index contributed by atoms with van der Waals surface area (Å²) in [6, 6.07) is 18.9. The van der Waals surface area contributed by atoms with Gasteiger partial charge in [-0.2, -0.15) is 9.97 Å². The Labute approximate surface area is 366 Å². The summed E-state index contributed by atoms with van der Waals surface area (Å²) in [5.74, 6) is 1.34. The maximum atomic E-state index is 12.4. The molecular formula is C45H52Cl2N12O2. The van der Waals surface area contributed by atoms with Gasteiger partial charge in [-0.15, -0.1) is 0 Å². The Hall–Kier alpha value is -5.54. The van der Waals surface area contributed by atoms with Gasteiger partial charge in [0.15, 0.2) is 11.3 Å². The molecule has 8 rings (SSSR count). The number of nitrogens with zero attached hydrogens (tertiary/aromatic N) is 10. The molecule has 6 aromatic rings. The molecule has 61 heavy (non-hydrogen) atoms. The molecule has 0 radical (unpaired) electrons. The highest BCUT2D eigenvalue weighted by Gasteiger charge is 2.20. The monoisotopic (exact) mass is 862 g/mol. The van der Waals surface area contributed by atoms with Crippen LogP contribution < -0.4 is 20.4 Å². The fourth-order valence-corrected chi connectivity index (χ4v) is 7.48. The number of anilines is 4. The zero-order chi connectivity index (χ0) is 42.9. The third-order valence-corrected chi connectivity index (χ3v) is 11.4. The van der Waals surface area contributed by atoms with Crippen LogP contribution >= 0.6 is 23.2 Å². The van der Waals surface area contributed by atoms with Gasteiger partial charge in [-0.1, -0.05) is 47.5 Å². The van der Waals surface area contributed by atoms with Crippen molar-refractivity contribution in [3.8, 4) is 0 Å². The quantitative estimate of drug-likeness (QED) is 0.146. The van der Waals surface area contributed by atoms with E-state index in [-0.39, 0.29) is 11.8 Å². The number of piperazine rings is 1. The van der Waals surface area contributed by atoms with Crippen LogP contribution in [0.4, 0.5) is 23.3 Å². The summed E-state index contributed by atoms with van der Waals surface area (Å²) in [7, 11) is 4.26. The number of aryl methyl sites for hydroxylation is 4. The van der Waals surface area contributed by atoms with Crippen LogP contribution in [0, 0.1) is 13.8 Å². The van der Waals surface area contributed by atoms with E-state index in [2.05, 4.69) is 64.3 Å². The normalized spacial score (nSPS) is 15.0. The molecule has 6 heterocycles. The highest BCUT2D eigenvalue weighted by molar-refractivity contribution is 6.30. The molecule has 318 valence electrons. The van der Waals surface area contributed by atoms with Gasteiger partial charge in [0.25, 0.3) is 0 Å². The van der Waals surface area contributed by atoms with E-state index < -0.39 is 0 Å². The Morgan fingerprint density at radius 1 is 0.574 bits per heavy atom. The van der Waals surface area contributed by atoms with Crippen molar-refractivity contribution < 1.29 is 9.59 Å². The molecule has 2 N–H and O–H groups in total. The van der Waals surface area contributed by atoms with Crippen LogP contribution in [-0.4, -0.2) is 118 Å². The largest absolute Gasteiger partial charge is 0.339 e. The van der Waals surface area contributed by atoms with Gasteiger partial charge >= 0.3 is 0 Å². The molecule has 0 spiro atoms. The van der Waals surface area contributed by atoms with E-state index in [1.807, 2.05) is 74.5 Å². The smallest absolute Gasteiger partial charge is 0.227 e. The first-order valence-corrected chi connectivity index (χ1v) is 21.5. The van der Waals surface area contributed by atoms with Crippen molar-refractivity contribution in [2.75, 3.05) is 86.9 Å². The van der Waals surface area contributed by atoms with E-state index in [1.165, 1.54) is 0 Å². The van der Waals surface area contributed by atoms with Gasteiger partial charge in [-0.05, 0) is 101 Å². The molecular weight excluding hydrogens is 811 g/mol. The van der Waals surface area contributed by atoms with Gasteiger partial charge in [-0.25, -0.2) is 19.9 Å². The molecule has 14 nitrogen and oxygen atoms in total. The lowest BCUT2D eigenvalue weighted by atomic mass is 10.1. The van der Waals surface area contributed by atoms with Gasteiger partial charge in [-0.3, -0.25) is 9.59 Å². The summed E-state index contributed by atoms with van der Waals surface area (Å²) in [6.45, 7) is 11.6.